The van der Waals surface area contributed by atoms with Crippen LogP contribution in [0.1, 0.15) is 70.6 Å². The zero-order chi connectivity index (χ0) is 24.5. The number of halogens is 1. The maximum atomic E-state index is 12.1. The van der Waals surface area contributed by atoms with Crippen LogP contribution in [0.5, 0.6) is 0 Å². The first kappa shape index (κ1) is 23.8. The smallest absolute Gasteiger partial charge is 0.223 e. The van der Waals surface area contributed by atoms with Crippen molar-refractivity contribution in [1.29, 1.82) is 0 Å². The van der Waals surface area contributed by atoms with E-state index in [2.05, 4.69) is 37.7 Å². The molecule has 0 spiro atoms. The third-order valence-corrected chi connectivity index (χ3v) is 8.76. The molecule has 0 radical (unpaired) electrons. The van der Waals surface area contributed by atoms with Gasteiger partial charge >= 0.3 is 0 Å². The van der Waals surface area contributed by atoms with Crippen molar-refractivity contribution < 1.29 is 4.79 Å². The van der Waals surface area contributed by atoms with E-state index in [4.69, 9.17) is 11.6 Å². The highest BCUT2D eigenvalue weighted by Gasteiger charge is 2.32. The predicted molar refractivity (Wildman–Crippen MR) is 145 cm³/mol. The molecule has 0 saturated heterocycles. The normalized spacial score (nSPS) is 26.6. The van der Waals surface area contributed by atoms with E-state index in [9.17, 15) is 4.79 Å². The number of carbonyl (C=O) groups excluding carboxylic acids is 1. The van der Waals surface area contributed by atoms with E-state index < -0.39 is 0 Å². The number of aromatic amines is 1. The molecular formula is C29H36ClN5O. The Balaban J connectivity index is 0.993. The van der Waals surface area contributed by atoms with Gasteiger partial charge in [0.15, 0.2) is 0 Å². The van der Waals surface area contributed by atoms with Gasteiger partial charge in [-0.15, -0.1) is 0 Å². The highest BCUT2D eigenvalue weighted by molar-refractivity contribution is 6.29. The summed E-state index contributed by atoms with van der Waals surface area (Å²) in [7, 11) is 0. The summed E-state index contributed by atoms with van der Waals surface area (Å²) in [6, 6.07) is 8.93. The summed E-state index contributed by atoms with van der Waals surface area (Å²) in [6.07, 6.45) is 17.1. The topological polar surface area (TPSA) is 82.7 Å². The molecule has 0 atom stereocenters. The summed E-state index contributed by atoms with van der Waals surface area (Å²) in [6.45, 7) is 0. The Morgan fingerprint density at radius 2 is 1.69 bits per heavy atom. The first-order valence-electron chi connectivity index (χ1n) is 13.8. The molecular weight excluding hydrogens is 470 g/mol. The van der Waals surface area contributed by atoms with Gasteiger partial charge < -0.3 is 15.6 Å². The van der Waals surface area contributed by atoms with Crippen molar-refractivity contribution in [3.05, 3.63) is 41.8 Å². The van der Waals surface area contributed by atoms with Gasteiger partial charge in [-0.2, -0.15) is 0 Å². The molecule has 190 valence electrons. The Morgan fingerprint density at radius 3 is 2.42 bits per heavy atom. The van der Waals surface area contributed by atoms with E-state index in [0.29, 0.717) is 29.1 Å². The minimum atomic E-state index is 0.309. The van der Waals surface area contributed by atoms with Crippen LogP contribution in [0, 0.1) is 17.8 Å². The van der Waals surface area contributed by atoms with E-state index in [0.717, 1.165) is 65.5 Å². The summed E-state index contributed by atoms with van der Waals surface area (Å²) in [5, 5.41) is 8.56. The molecule has 3 aliphatic rings. The quantitative estimate of drug-likeness (QED) is 0.311. The second kappa shape index (κ2) is 10.4. The number of fused-ring (bicyclic) bond motifs is 1. The fourth-order valence-corrected chi connectivity index (χ4v) is 6.56. The molecule has 3 saturated carbocycles. The molecule has 0 aliphatic heterocycles. The van der Waals surface area contributed by atoms with Crippen molar-refractivity contribution >= 4 is 34.4 Å². The van der Waals surface area contributed by atoms with E-state index >= 15 is 0 Å². The lowest BCUT2D eigenvalue weighted by Gasteiger charge is -2.34. The predicted octanol–water partition coefficient (Wildman–Crippen LogP) is 6.72. The van der Waals surface area contributed by atoms with Crippen LogP contribution in [-0.4, -0.2) is 32.9 Å². The molecule has 3 fully saturated rings. The number of nitrogens with one attached hydrogen (secondary N) is 3. The first-order valence-corrected chi connectivity index (χ1v) is 14.2. The van der Waals surface area contributed by atoms with E-state index in [-0.39, 0.29) is 0 Å². The van der Waals surface area contributed by atoms with Crippen LogP contribution in [0.15, 0.2) is 36.7 Å². The molecule has 3 aromatic rings. The SMILES string of the molecule is O=C(NC1CCC(CC2CCC(Nc3cc(-c4c[nH]c5ncccc45)cc(Cl)n3)CC2)CC1)C1CC1. The lowest BCUT2D eigenvalue weighted by molar-refractivity contribution is -0.123. The standard InChI is InChI=1S/C29H36ClN5O/c30-26-15-21(25-17-32-28-24(25)2-1-13-31-28)16-27(35-26)33-22-9-3-18(4-10-22)14-19-5-11-23(12-6-19)34-29(36)20-7-8-20/h1-2,13,15-20,22-23H,3-12,14H2,(H,31,32)(H,33,35)(H,34,36). The number of carbonyl (C=O) groups is 1. The molecule has 3 aromatic heterocycles. The van der Waals surface area contributed by atoms with Gasteiger partial charge in [-0.25, -0.2) is 9.97 Å². The number of hydrogen-bond donors (Lipinski definition) is 3. The van der Waals surface area contributed by atoms with Crippen molar-refractivity contribution in [1.82, 2.24) is 20.3 Å². The van der Waals surface area contributed by atoms with Crippen molar-refractivity contribution in [3.63, 3.8) is 0 Å². The molecule has 0 bridgehead atoms. The third kappa shape index (κ3) is 5.54. The molecule has 7 heteroatoms. The Hall–Kier alpha value is -2.60. The Kier molecular flexibility index (Phi) is 6.87. The van der Waals surface area contributed by atoms with Crippen molar-refractivity contribution in [2.45, 2.75) is 82.7 Å². The first-order chi connectivity index (χ1) is 17.6. The highest BCUT2D eigenvalue weighted by atomic mass is 35.5. The second-order valence-electron chi connectivity index (χ2n) is 11.3. The third-order valence-electron chi connectivity index (χ3n) is 8.56. The van der Waals surface area contributed by atoms with Gasteiger partial charge in [-0.1, -0.05) is 11.6 Å². The van der Waals surface area contributed by atoms with Crippen molar-refractivity contribution in [3.8, 4) is 11.1 Å². The molecule has 3 N–H and O–H groups in total. The van der Waals surface area contributed by atoms with Crippen molar-refractivity contribution in [2.75, 3.05) is 5.32 Å². The molecule has 0 unspecified atom stereocenters. The number of amides is 1. The summed E-state index contributed by atoms with van der Waals surface area (Å²) in [5.41, 5.74) is 3.02. The molecule has 0 aromatic carbocycles. The molecule has 3 heterocycles. The van der Waals surface area contributed by atoms with Crippen molar-refractivity contribution in [2.24, 2.45) is 17.8 Å². The molecule has 6 nitrogen and oxygen atoms in total. The average molecular weight is 506 g/mol. The van der Waals surface area contributed by atoms with Gasteiger partial charge in [-0.05, 0) is 112 Å². The van der Waals surface area contributed by atoms with Crippen LogP contribution >= 0.6 is 11.6 Å². The zero-order valence-electron chi connectivity index (χ0n) is 20.8. The number of anilines is 1. The number of aromatic nitrogens is 3. The average Bonchev–Trinajstić information content (AvgIpc) is 3.65. The van der Waals surface area contributed by atoms with E-state index in [1.807, 2.05) is 18.3 Å². The maximum absolute atomic E-state index is 12.1. The lowest BCUT2D eigenvalue weighted by atomic mass is 9.75. The Bertz CT molecular complexity index is 1210. The van der Waals surface area contributed by atoms with Gasteiger partial charge in [0.25, 0.3) is 0 Å². The zero-order valence-corrected chi connectivity index (χ0v) is 21.6. The van der Waals surface area contributed by atoms with E-state index in [1.165, 1.54) is 44.9 Å². The number of hydrogen-bond acceptors (Lipinski definition) is 4. The minimum absolute atomic E-state index is 0.309. The van der Waals surface area contributed by atoms with Crippen LogP contribution in [0.4, 0.5) is 5.82 Å². The lowest BCUT2D eigenvalue weighted by Crippen LogP contribution is -2.38. The van der Waals surface area contributed by atoms with Crippen LogP contribution in [0.25, 0.3) is 22.2 Å². The van der Waals surface area contributed by atoms with Crippen LogP contribution in [0.2, 0.25) is 5.15 Å². The summed E-state index contributed by atoms with van der Waals surface area (Å²) < 4.78 is 0. The van der Waals surface area contributed by atoms with Gasteiger partial charge in [0.2, 0.25) is 5.91 Å². The van der Waals surface area contributed by atoms with Crippen LogP contribution in [0.3, 0.4) is 0 Å². The molecule has 1 amide bonds. The summed E-state index contributed by atoms with van der Waals surface area (Å²) >= 11 is 6.42. The van der Waals surface area contributed by atoms with Gasteiger partial charge in [0.1, 0.15) is 16.6 Å². The van der Waals surface area contributed by atoms with Crippen LogP contribution < -0.4 is 10.6 Å². The van der Waals surface area contributed by atoms with Gasteiger partial charge in [-0.3, -0.25) is 4.79 Å². The number of H-pyrrole nitrogens is 1. The monoisotopic (exact) mass is 505 g/mol. The number of nitrogens with zero attached hydrogens (tertiary/aromatic N) is 2. The highest BCUT2D eigenvalue weighted by Crippen LogP contribution is 2.37. The Morgan fingerprint density at radius 1 is 0.972 bits per heavy atom. The van der Waals surface area contributed by atoms with Gasteiger partial charge in [0, 0.05) is 41.3 Å². The largest absolute Gasteiger partial charge is 0.367 e. The van der Waals surface area contributed by atoms with Crippen LogP contribution in [-0.2, 0) is 4.79 Å². The second-order valence-corrected chi connectivity index (χ2v) is 11.7. The fourth-order valence-electron chi connectivity index (χ4n) is 6.35. The van der Waals surface area contributed by atoms with E-state index in [1.54, 1.807) is 6.20 Å². The molecule has 3 aliphatic carbocycles. The molecule has 6 rings (SSSR count). The van der Waals surface area contributed by atoms with Gasteiger partial charge in [0.05, 0.1) is 0 Å². The summed E-state index contributed by atoms with van der Waals surface area (Å²) in [5.74, 6) is 3.14. The number of pyridine rings is 2. The summed E-state index contributed by atoms with van der Waals surface area (Å²) in [4.78, 5) is 24.3. The minimum Gasteiger partial charge on any atom is -0.367 e. The maximum Gasteiger partial charge on any atom is 0.223 e. The molecule has 36 heavy (non-hydrogen) atoms. The Labute approximate surface area is 218 Å². The fraction of sp³-hybridized carbons (Fsp3) is 0.552. The number of rotatable bonds is 7.